The van der Waals surface area contributed by atoms with Gasteiger partial charge in [0.15, 0.2) is 0 Å². The predicted molar refractivity (Wildman–Crippen MR) is 91.8 cm³/mol. The van der Waals surface area contributed by atoms with E-state index in [0.717, 1.165) is 12.0 Å². The minimum atomic E-state index is -0.188. The Balaban J connectivity index is 1.68. The summed E-state index contributed by atoms with van der Waals surface area (Å²) < 4.78 is 1.35. The van der Waals surface area contributed by atoms with Crippen molar-refractivity contribution in [1.29, 1.82) is 0 Å². The fourth-order valence-electron chi connectivity index (χ4n) is 2.44. The molecule has 118 valence electrons. The van der Waals surface area contributed by atoms with Gasteiger partial charge in [-0.25, -0.2) is 4.98 Å². The summed E-state index contributed by atoms with van der Waals surface area (Å²) in [6, 6.07) is 9.51. The molecule has 0 saturated carbocycles. The smallest absolute Gasteiger partial charge is 0.261 e. The summed E-state index contributed by atoms with van der Waals surface area (Å²) in [4.78, 5) is 29.9. The third-order valence-electron chi connectivity index (χ3n) is 3.64. The molecule has 0 saturated heterocycles. The number of aryl methyl sites for hydroxylation is 1. The van der Waals surface area contributed by atoms with Gasteiger partial charge in [0.05, 0.1) is 17.2 Å². The molecular formula is C17H17N3O2S. The monoisotopic (exact) mass is 327 g/mol. The molecule has 1 amide bonds. The molecule has 0 fully saturated rings. The Bertz CT molecular complexity index is 884. The van der Waals surface area contributed by atoms with Crippen molar-refractivity contribution < 1.29 is 4.79 Å². The number of fused-ring (bicyclic) bond motifs is 1. The van der Waals surface area contributed by atoms with Crippen LogP contribution in [0.1, 0.15) is 10.4 Å². The van der Waals surface area contributed by atoms with Crippen LogP contribution in [0.15, 0.2) is 46.8 Å². The number of benzene rings is 1. The highest BCUT2D eigenvalue weighted by Crippen LogP contribution is 2.11. The Morgan fingerprint density at radius 3 is 2.96 bits per heavy atom. The van der Waals surface area contributed by atoms with Gasteiger partial charge in [0.25, 0.3) is 5.56 Å². The highest BCUT2D eigenvalue weighted by atomic mass is 32.1. The van der Waals surface area contributed by atoms with Gasteiger partial charge in [-0.1, -0.05) is 18.2 Å². The van der Waals surface area contributed by atoms with Crippen molar-refractivity contribution in [2.45, 2.75) is 19.9 Å². The maximum Gasteiger partial charge on any atom is 0.261 e. The summed E-state index contributed by atoms with van der Waals surface area (Å²) in [7, 11) is 0. The number of amides is 1. The second-order valence-corrected chi connectivity index (χ2v) is 6.36. The van der Waals surface area contributed by atoms with E-state index in [-0.39, 0.29) is 18.0 Å². The molecule has 0 atom stereocenters. The summed E-state index contributed by atoms with van der Waals surface area (Å²) in [5, 5.41) is 5.39. The molecule has 6 heteroatoms. The summed E-state index contributed by atoms with van der Waals surface area (Å²) in [5.41, 5.74) is 1.45. The van der Waals surface area contributed by atoms with Crippen LogP contribution in [0.3, 0.4) is 0 Å². The zero-order valence-corrected chi connectivity index (χ0v) is 13.6. The molecule has 0 aliphatic heterocycles. The largest absolute Gasteiger partial charge is 0.354 e. The highest BCUT2D eigenvalue weighted by molar-refractivity contribution is 7.09. The van der Waals surface area contributed by atoms with Gasteiger partial charge in [-0.15, -0.1) is 11.3 Å². The van der Waals surface area contributed by atoms with Crippen molar-refractivity contribution in [1.82, 2.24) is 14.9 Å². The molecule has 0 spiro atoms. The molecule has 1 aromatic carbocycles. The van der Waals surface area contributed by atoms with Crippen LogP contribution >= 0.6 is 11.3 Å². The topological polar surface area (TPSA) is 64.0 Å². The lowest BCUT2D eigenvalue weighted by Gasteiger charge is -2.08. The summed E-state index contributed by atoms with van der Waals surface area (Å²) >= 11 is 1.67. The number of carbonyl (C=O) groups excluding carboxylic acids is 1. The highest BCUT2D eigenvalue weighted by Gasteiger charge is 2.09. The van der Waals surface area contributed by atoms with Gasteiger partial charge in [0.1, 0.15) is 6.54 Å². The maximum atomic E-state index is 12.4. The summed E-state index contributed by atoms with van der Waals surface area (Å²) in [6.45, 7) is 2.46. The fraction of sp³-hybridized carbons (Fsp3) is 0.235. The molecule has 0 radical (unpaired) electrons. The number of para-hydroxylation sites is 1. The lowest BCUT2D eigenvalue weighted by Crippen LogP contribution is -2.33. The zero-order chi connectivity index (χ0) is 16.2. The number of nitrogens with zero attached hydrogens (tertiary/aromatic N) is 2. The van der Waals surface area contributed by atoms with Crippen molar-refractivity contribution in [3.8, 4) is 0 Å². The van der Waals surface area contributed by atoms with Crippen molar-refractivity contribution >= 4 is 28.1 Å². The van der Waals surface area contributed by atoms with Gasteiger partial charge in [-0.05, 0) is 36.4 Å². The van der Waals surface area contributed by atoms with Crippen LogP contribution in [0.25, 0.3) is 10.9 Å². The van der Waals surface area contributed by atoms with Crippen molar-refractivity contribution in [2.75, 3.05) is 6.54 Å². The average molecular weight is 327 g/mol. The second-order valence-electron chi connectivity index (χ2n) is 5.33. The van der Waals surface area contributed by atoms with Gasteiger partial charge in [-0.2, -0.15) is 0 Å². The first-order valence-electron chi connectivity index (χ1n) is 7.39. The number of carbonyl (C=O) groups is 1. The lowest BCUT2D eigenvalue weighted by molar-refractivity contribution is -0.121. The quantitative estimate of drug-likeness (QED) is 0.781. The van der Waals surface area contributed by atoms with Gasteiger partial charge in [0.2, 0.25) is 5.91 Å². The molecule has 2 heterocycles. The fourth-order valence-corrected chi connectivity index (χ4v) is 3.15. The van der Waals surface area contributed by atoms with E-state index < -0.39 is 0 Å². The second kappa shape index (κ2) is 6.75. The minimum absolute atomic E-state index is 0.0137. The number of thiophene rings is 1. The van der Waals surface area contributed by atoms with Crippen molar-refractivity contribution in [2.24, 2.45) is 0 Å². The Kier molecular flexibility index (Phi) is 4.52. The number of hydrogen-bond donors (Lipinski definition) is 1. The number of nitrogens with one attached hydrogen (secondary N) is 1. The molecule has 23 heavy (non-hydrogen) atoms. The van der Waals surface area contributed by atoms with E-state index in [9.17, 15) is 9.59 Å². The molecule has 0 bridgehead atoms. The molecule has 2 aromatic heterocycles. The molecular weight excluding hydrogens is 310 g/mol. The predicted octanol–water partition coefficient (Wildman–Crippen LogP) is 2.13. The van der Waals surface area contributed by atoms with Gasteiger partial charge in [0, 0.05) is 11.4 Å². The van der Waals surface area contributed by atoms with Crippen molar-refractivity contribution in [3.05, 3.63) is 62.8 Å². The molecule has 3 rings (SSSR count). The summed E-state index contributed by atoms with van der Waals surface area (Å²) in [5.74, 6) is -0.183. The van der Waals surface area contributed by atoms with Gasteiger partial charge >= 0.3 is 0 Å². The number of hydrogen-bond acceptors (Lipinski definition) is 4. The van der Waals surface area contributed by atoms with Gasteiger partial charge in [-0.3, -0.25) is 14.2 Å². The Hall–Kier alpha value is -2.47. The van der Waals surface area contributed by atoms with E-state index in [4.69, 9.17) is 0 Å². The van der Waals surface area contributed by atoms with Crippen LogP contribution in [-0.2, 0) is 17.8 Å². The van der Waals surface area contributed by atoms with Crippen LogP contribution in [0.4, 0.5) is 0 Å². The molecule has 0 unspecified atom stereocenters. The molecule has 0 aliphatic rings. The van der Waals surface area contributed by atoms with Crippen LogP contribution in [0.5, 0.6) is 0 Å². The normalized spacial score (nSPS) is 10.8. The molecule has 0 aliphatic carbocycles. The van der Waals surface area contributed by atoms with E-state index >= 15 is 0 Å². The van der Waals surface area contributed by atoms with E-state index in [2.05, 4.69) is 10.3 Å². The first kappa shape index (κ1) is 15.4. The van der Waals surface area contributed by atoms with E-state index in [1.807, 2.05) is 36.6 Å². The van der Waals surface area contributed by atoms with Crippen LogP contribution < -0.4 is 10.9 Å². The number of aromatic nitrogens is 2. The average Bonchev–Trinajstić information content (AvgIpc) is 3.04. The Morgan fingerprint density at radius 2 is 2.17 bits per heavy atom. The van der Waals surface area contributed by atoms with E-state index in [1.54, 1.807) is 17.4 Å². The Morgan fingerprint density at radius 1 is 1.30 bits per heavy atom. The maximum absolute atomic E-state index is 12.4. The van der Waals surface area contributed by atoms with Gasteiger partial charge < -0.3 is 5.32 Å². The third kappa shape index (κ3) is 3.48. The van der Waals surface area contributed by atoms with E-state index in [1.165, 1.54) is 15.8 Å². The summed E-state index contributed by atoms with van der Waals surface area (Å²) in [6.07, 6.45) is 2.24. The lowest BCUT2D eigenvalue weighted by atomic mass is 10.1. The zero-order valence-electron chi connectivity index (χ0n) is 12.8. The van der Waals surface area contributed by atoms with E-state index in [0.29, 0.717) is 17.4 Å². The third-order valence-corrected chi connectivity index (χ3v) is 4.58. The minimum Gasteiger partial charge on any atom is -0.354 e. The first-order chi connectivity index (χ1) is 11.1. The number of rotatable bonds is 5. The van der Waals surface area contributed by atoms with Crippen LogP contribution in [0, 0.1) is 6.92 Å². The molecule has 5 nitrogen and oxygen atoms in total. The first-order valence-corrected chi connectivity index (χ1v) is 8.27. The molecule has 1 N–H and O–H groups in total. The molecule has 3 aromatic rings. The van der Waals surface area contributed by atoms with Crippen LogP contribution in [0.2, 0.25) is 0 Å². The van der Waals surface area contributed by atoms with Crippen LogP contribution in [-0.4, -0.2) is 22.0 Å². The Labute approximate surface area is 137 Å². The SMILES string of the molecule is Cc1cccc2c(=O)n(CC(=O)NCCc3cccs3)cnc12. The standard InChI is InChI=1S/C17H17N3O2S/c1-12-4-2-6-14-16(12)19-11-20(17(14)22)10-15(21)18-8-7-13-5-3-9-23-13/h2-6,9,11H,7-8,10H2,1H3,(H,18,21). The van der Waals surface area contributed by atoms with Crippen molar-refractivity contribution in [3.63, 3.8) is 0 Å².